The van der Waals surface area contributed by atoms with Crippen molar-refractivity contribution in [2.75, 3.05) is 0 Å². The lowest BCUT2D eigenvalue weighted by atomic mass is 9.83. The van der Waals surface area contributed by atoms with E-state index in [-0.39, 0.29) is 5.92 Å². The van der Waals surface area contributed by atoms with E-state index in [0.717, 1.165) is 24.9 Å². The molecule has 0 aliphatic heterocycles. The van der Waals surface area contributed by atoms with E-state index < -0.39 is 0 Å². The average Bonchev–Trinajstić information content (AvgIpc) is 3.68. The van der Waals surface area contributed by atoms with Crippen LogP contribution >= 0.6 is 0 Å². The molecular weight excluding hydrogens is 735 g/mol. The predicted molar refractivity (Wildman–Crippen MR) is 258 cm³/mol. The van der Waals surface area contributed by atoms with Crippen molar-refractivity contribution in [3.63, 3.8) is 0 Å². The average molecular weight is 780 g/mol. The van der Waals surface area contributed by atoms with Crippen molar-refractivity contribution in [2.24, 2.45) is 0 Å². The smallest absolute Gasteiger partial charge is 0.0541 e. The quantitative estimate of drug-likeness (QED) is 0.137. The van der Waals surface area contributed by atoms with E-state index in [1.807, 2.05) is 0 Å². The van der Waals surface area contributed by atoms with Crippen molar-refractivity contribution < 1.29 is 0 Å². The number of rotatable bonds is 9. The third-order valence-electron chi connectivity index (χ3n) is 12.7. The lowest BCUT2D eigenvalue weighted by Gasteiger charge is -2.21. The van der Waals surface area contributed by atoms with Crippen molar-refractivity contribution in [3.05, 3.63) is 252 Å². The second kappa shape index (κ2) is 15.9. The van der Waals surface area contributed by atoms with Gasteiger partial charge in [0.2, 0.25) is 0 Å². The Hall–Kier alpha value is -7.48. The van der Waals surface area contributed by atoms with Gasteiger partial charge in [-0.15, -0.1) is 0 Å². The van der Waals surface area contributed by atoms with Crippen LogP contribution in [0.1, 0.15) is 40.2 Å². The van der Waals surface area contributed by atoms with Crippen molar-refractivity contribution >= 4 is 27.9 Å². The summed E-state index contributed by atoms with van der Waals surface area (Å²) in [6.45, 7) is 0. The third kappa shape index (κ3) is 6.99. The highest BCUT2D eigenvalue weighted by atomic mass is 15.0. The summed E-state index contributed by atoms with van der Waals surface area (Å²) in [7, 11) is 0. The first-order valence-corrected chi connectivity index (χ1v) is 21.6. The first-order chi connectivity index (χ1) is 30.2. The fraction of sp³-hybridized carbons (Fsp3) is 0.0667. The Labute approximate surface area is 358 Å². The number of nitrogens with zero attached hydrogens (tertiary/aromatic N) is 1. The highest BCUT2D eigenvalue weighted by Gasteiger charge is 2.20. The molecule has 290 valence electrons. The highest BCUT2D eigenvalue weighted by molar-refractivity contribution is 6.09. The van der Waals surface area contributed by atoms with Crippen LogP contribution in [0.4, 0.5) is 0 Å². The van der Waals surface area contributed by atoms with Crippen LogP contribution < -0.4 is 0 Å². The molecule has 1 heterocycles. The highest BCUT2D eigenvalue weighted by Crippen LogP contribution is 2.40. The molecule has 0 unspecified atom stereocenters. The first kappa shape index (κ1) is 36.6. The van der Waals surface area contributed by atoms with Crippen LogP contribution in [-0.4, -0.2) is 4.57 Å². The van der Waals surface area contributed by atoms with Gasteiger partial charge in [0.25, 0.3) is 0 Å². The number of allylic oxidation sites excluding steroid dienone is 1. The Kier molecular flexibility index (Phi) is 9.56. The Morgan fingerprint density at radius 2 is 1.02 bits per heavy atom. The summed E-state index contributed by atoms with van der Waals surface area (Å²) in [5.74, 6) is 0.179. The van der Waals surface area contributed by atoms with Crippen molar-refractivity contribution in [1.82, 2.24) is 4.57 Å². The van der Waals surface area contributed by atoms with Crippen LogP contribution in [0, 0.1) is 0 Å². The Bertz CT molecular complexity index is 3130. The second-order valence-corrected chi connectivity index (χ2v) is 16.3. The summed E-state index contributed by atoms with van der Waals surface area (Å²) >= 11 is 0. The van der Waals surface area contributed by atoms with Crippen LogP contribution in [0.25, 0.3) is 78.1 Å². The van der Waals surface area contributed by atoms with E-state index in [0.29, 0.717) is 0 Å². The SMILES string of the molecule is C1=Cc2cccc(-c3ccc(-c4ccc(C[C@@H](c5ccccc5)c5ccc(-c6cccc(-n7c8ccccc8c8ccccc87)c6)c(-c6ccccc6)c5)cc4)cc3)c2CC1. The summed E-state index contributed by atoms with van der Waals surface area (Å²) < 4.78 is 2.41. The molecule has 0 fully saturated rings. The van der Waals surface area contributed by atoms with Gasteiger partial charge in [0.05, 0.1) is 11.0 Å². The Morgan fingerprint density at radius 1 is 0.410 bits per heavy atom. The maximum Gasteiger partial charge on any atom is 0.0541 e. The summed E-state index contributed by atoms with van der Waals surface area (Å²) in [6, 6.07) is 80.7. The molecule has 1 aromatic heterocycles. The van der Waals surface area contributed by atoms with Gasteiger partial charge in [0.1, 0.15) is 0 Å². The first-order valence-electron chi connectivity index (χ1n) is 21.6. The van der Waals surface area contributed by atoms with Crippen LogP contribution in [0.5, 0.6) is 0 Å². The molecule has 1 aliphatic rings. The molecule has 1 aliphatic carbocycles. The summed E-state index contributed by atoms with van der Waals surface area (Å²) in [5, 5.41) is 2.54. The standard InChI is InChI=1S/C60H45N/c1-3-15-46(16-4-1)57(39-42-29-31-43(32-30-42)44-33-35-48(36-34-44)53-26-14-20-45-19-7-8-23-52(45)53)50-37-38-54(58(41-50)47-17-5-2-6-18-47)49-21-13-22-51(40-49)61-59-27-11-9-24-55(59)56-25-10-12-28-60(56)61/h1-7,9-22,24-38,40-41,57H,8,23,39H2/t57-/m0/s1. The summed E-state index contributed by atoms with van der Waals surface area (Å²) in [5.41, 5.74) is 20.4. The zero-order chi connectivity index (χ0) is 40.5. The number of hydrogen-bond donors (Lipinski definition) is 0. The lowest BCUT2D eigenvalue weighted by molar-refractivity contribution is 0.805. The van der Waals surface area contributed by atoms with E-state index in [4.69, 9.17) is 0 Å². The molecule has 11 rings (SSSR count). The largest absolute Gasteiger partial charge is 0.309 e. The van der Waals surface area contributed by atoms with E-state index in [1.54, 1.807) is 0 Å². The maximum absolute atomic E-state index is 2.45. The van der Waals surface area contributed by atoms with Crippen molar-refractivity contribution in [1.29, 1.82) is 0 Å². The third-order valence-corrected chi connectivity index (χ3v) is 12.7. The zero-order valence-electron chi connectivity index (χ0n) is 34.1. The van der Waals surface area contributed by atoms with Gasteiger partial charge in [-0.05, 0) is 122 Å². The lowest BCUT2D eigenvalue weighted by Crippen LogP contribution is -2.06. The number of para-hydroxylation sites is 2. The van der Waals surface area contributed by atoms with Crippen LogP contribution in [0.3, 0.4) is 0 Å². The minimum atomic E-state index is 0.179. The summed E-state index contributed by atoms with van der Waals surface area (Å²) in [4.78, 5) is 0. The molecule has 1 nitrogen and oxygen atoms in total. The van der Waals surface area contributed by atoms with Gasteiger partial charge >= 0.3 is 0 Å². The predicted octanol–water partition coefficient (Wildman–Crippen LogP) is 15.8. The van der Waals surface area contributed by atoms with Gasteiger partial charge in [-0.1, -0.05) is 200 Å². The monoisotopic (exact) mass is 779 g/mol. The molecule has 10 aromatic rings. The van der Waals surface area contributed by atoms with E-state index in [9.17, 15) is 0 Å². The van der Waals surface area contributed by atoms with Crippen LogP contribution in [0.2, 0.25) is 0 Å². The molecule has 1 atom stereocenters. The number of benzene rings is 9. The van der Waals surface area contributed by atoms with Gasteiger partial charge < -0.3 is 4.57 Å². The molecule has 9 aromatic carbocycles. The molecule has 0 bridgehead atoms. The molecule has 0 amide bonds. The normalized spacial score (nSPS) is 12.7. The molecule has 0 saturated heterocycles. The molecular formula is C60H45N. The van der Waals surface area contributed by atoms with Gasteiger partial charge in [-0.3, -0.25) is 0 Å². The van der Waals surface area contributed by atoms with E-state index >= 15 is 0 Å². The summed E-state index contributed by atoms with van der Waals surface area (Å²) in [6.07, 6.45) is 7.66. The maximum atomic E-state index is 2.45. The molecule has 0 saturated carbocycles. The fourth-order valence-corrected chi connectivity index (χ4v) is 9.67. The Balaban J connectivity index is 0.936. The van der Waals surface area contributed by atoms with E-state index in [1.165, 1.54) is 94.1 Å². The van der Waals surface area contributed by atoms with Gasteiger partial charge in [-0.25, -0.2) is 0 Å². The van der Waals surface area contributed by atoms with E-state index in [2.05, 4.69) is 235 Å². The second-order valence-electron chi connectivity index (χ2n) is 16.3. The fourth-order valence-electron chi connectivity index (χ4n) is 9.67. The number of hydrogen-bond acceptors (Lipinski definition) is 0. The van der Waals surface area contributed by atoms with Crippen molar-refractivity contribution in [3.8, 4) is 50.2 Å². The minimum Gasteiger partial charge on any atom is -0.309 e. The number of fused-ring (bicyclic) bond motifs is 4. The molecule has 1 heteroatoms. The van der Waals surface area contributed by atoms with Gasteiger partial charge in [-0.2, -0.15) is 0 Å². The topological polar surface area (TPSA) is 4.93 Å². The molecule has 0 spiro atoms. The zero-order valence-corrected chi connectivity index (χ0v) is 34.1. The van der Waals surface area contributed by atoms with Gasteiger partial charge in [0, 0.05) is 22.4 Å². The number of aromatic nitrogens is 1. The van der Waals surface area contributed by atoms with Crippen molar-refractivity contribution in [2.45, 2.75) is 25.2 Å². The van der Waals surface area contributed by atoms with Gasteiger partial charge in [0.15, 0.2) is 0 Å². The van der Waals surface area contributed by atoms with Crippen LogP contribution in [-0.2, 0) is 12.8 Å². The molecule has 0 N–H and O–H groups in total. The minimum absolute atomic E-state index is 0.179. The van der Waals surface area contributed by atoms with Crippen LogP contribution in [0.15, 0.2) is 224 Å². The Morgan fingerprint density at radius 3 is 1.75 bits per heavy atom. The molecule has 61 heavy (non-hydrogen) atoms. The molecule has 0 radical (unpaired) electrons.